The van der Waals surface area contributed by atoms with Crippen LogP contribution in [-0.4, -0.2) is 0 Å². The van der Waals surface area contributed by atoms with Gasteiger partial charge in [-0.25, -0.2) is 0 Å². The Morgan fingerprint density at radius 3 is 1.89 bits per heavy atom. The normalized spacial score (nSPS) is 13.7. The summed E-state index contributed by atoms with van der Waals surface area (Å²) in [5.41, 5.74) is 14.8. The average molecular weight is 730 g/mol. The largest absolute Gasteiger partial charge is 0.488 e. The summed E-state index contributed by atoms with van der Waals surface area (Å²) in [6.45, 7) is 0.548. The van der Waals surface area contributed by atoms with Gasteiger partial charge in [0.1, 0.15) is 12.4 Å². The minimum Gasteiger partial charge on any atom is -0.488 e. The number of nitrogens with zero attached hydrogens (tertiary/aromatic N) is 3. The van der Waals surface area contributed by atoms with Crippen molar-refractivity contribution in [3.8, 4) is 34.1 Å². The van der Waals surface area contributed by atoms with Crippen LogP contribution in [0.3, 0.4) is 0 Å². The second kappa shape index (κ2) is 13.0. The van der Waals surface area contributed by atoms with E-state index in [1.54, 1.807) is 0 Å². The molecule has 1 aliphatic heterocycles. The van der Waals surface area contributed by atoms with Crippen molar-refractivity contribution >= 4 is 44.9 Å². The Balaban J connectivity index is 1.12. The van der Waals surface area contributed by atoms with Gasteiger partial charge >= 0.3 is 0 Å². The lowest BCUT2D eigenvalue weighted by Gasteiger charge is -2.31. The fourth-order valence-corrected chi connectivity index (χ4v) is 9.16. The first-order valence-corrected chi connectivity index (χ1v) is 19.3. The SMILES string of the molecule is N#Cc1cccc(N(c2ccccc2)c2ccc3c(c2)C2(C=CC=C2)c2cc(N(c4ccccc4)c4ccc5c(c4)OCc4ccccc4-5)c4ccccc4c2-3)c1. The molecule has 0 unspecified atom stereocenters. The molecule has 0 atom stereocenters. The topological polar surface area (TPSA) is 39.5 Å². The van der Waals surface area contributed by atoms with Crippen LogP contribution < -0.4 is 14.5 Å². The number of fused-ring (bicyclic) bond motifs is 10. The molecule has 8 aromatic carbocycles. The third kappa shape index (κ3) is 5.14. The Labute approximate surface area is 332 Å². The first-order chi connectivity index (χ1) is 28.2. The monoisotopic (exact) mass is 729 g/mol. The van der Waals surface area contributed by atoms with Crippen molar-refractivity contribution in [2.24, 2.45) is 0 Å². The Hall–Kier alpha value is -7.61. The second-order valence-corrected chi connectivity index (χ2v) is 14.8. The zero-order chi connectivity index (χ0) is 37.9. The summed E-state index contributed by atoms with van der Waals surface area (Å²) in [6, 6.07) is 64.5. The van der Waals surface area contributed by atoms with E-state index in [0.29, 0.717) is 12.2 Å². The highest BCUT2D eigenvalue weighted by Crippen LogP contribution is 2.58. The van der Waals surface area contributed by atoms with Crippen LogP contribution in [0.4, 0.5) is 34.1 Å². The molecule has 0 saturated carbocycles. The minimum absolute atomic E-state index is 0.485. The fraction of sp³-hybridized carbons (Fsp3) is 0.0377. The Morgan fingerprint density at radius 2 is 1.12 bits per heavy atom. The van der Waals surface area contributed by atoms with Crippen molar-refractivity contribution in [2.75, 3.05) is 9.80 Å². The van der Waals surface area contributed by atoms with Gasteiger partial charge < -0.3 is 14.5 Å². The maximum atomic E-state index is 9.84. The molecule has 0 aromatic heterocycles. The van der Waals surface area contributed by atoms with Crippen LogP contribution in [0.25, 0.3) is 33.0 Å². The lowest BCUT2D eigenvalue weighted by molar-refractivity contribution is 0.302. The minimum atomic E-state index is -0.485. The molecule has 11 rings (SSSR count). The van der Waals surface area contributed by atoms with Gasteiger partial charge in [-0.05, 0) is 112 Å². The van der Waals surface area contributed by atoms with Crippen molar-refractivity contribution in [1.29, 1.82) is 5.26 Å². The van der Waals surface area contributed by atoms with Crippen molar-refractivity contribution in [3.05, 3.63) is 222 Å². The molecule has 2 aliphatic carbocycles. The molecule has 0 radical (unpaired) electrons. The van der Waals surface area contributed by atoms with Gasteiger partial charge in [0, 0.05) is 45.5 Å². The highest BCUT2D eigenvalue weighted by atomic mass is 16.5. The number of hydrogen-bond donors (Lipinski definition) is 0. The second-order valence-electron chi connectivity index (χ2n) is 14.8. The predicted octanol–water partition coefficient (Wildman–Crippen LogP) is 13.6. The van der Waals surface area contributed by atoms with Crippen LogP contribution in [0.1, 0.15) is 22.3 Å². The maximum absolute atomic E-state index is 9.84. The van der Waals surface area contributed by atoms with Crippen LogP contribution in [0, 0.1) is 11.3 Å². The van der Waals surface area contributed by atoms with Crippen LogP contribution in [0.2, 0.25) is 0 Å². The molecule has 1 heterocycles. The summed E-state index contributed by atoms with van der Waals surface area (Å²) in [5.74, 6) is 0.888. The van der Waals surface area contributed by atoms with E-state index in [2.05, 4.69) is 192 Å². The molecule has 0 saturated heterocycles. The van der Waals surface area contributed by atoms with E-state index in [1.807, 2.05) is 24.3 Å². The molecule has 8 aromatic rings. The third-order valence-electron chi connectivity index (χ3n) is 11.7. The molecule has 3 aliphatic rings. The lowest BCUT2D eigenvalue weighted by Crippen LogP contribution is -2.19. The van der Waals surface area contributed by atoms with Crippen molar-refractivity contribution in [2.45, 2.75) is 12.0 Å². The quantitative estimate of drug-likeness (QED) is 0.171. The number of allylic oxidation sites excluding steroid dienone is 4. The van der Waals surface area contributed by atoms with Crippen LogP contribution in [0.5, 0.6) is 5.75 Å². The maximum Gasteiger partial charge on any atom is 0.129 e. The molecule has 1 spiro atoms. The fourth-order valence-electron chi connectivity index (χ4n) is 9.16. The third-order valence-corrected chi connectivity index (χ3v) is 11.7. The highest BCUT2D eigenvalue weighted by molar-refractivity contribution is 6.11. The van der Waals surface area contributed by atoms with E-state index < -0.39 is 5.41 Å². The molecule has 0 amide bonds. The Bertz CT molecular complexity index is 2980. The summed E-state index contributed by atoms with van der Waals surface area (Å²) >= 11 is 0. The first-order valence-electron chi connectivity index (χ1n) is 19.3. The summed E-state index contributed by atoms with van der Waals surface area (Å²) in [6.07, 6.45) is 9.05. The summed E-state index contributed by atoms with van der Waals surface area (Å²) in [4.78, 5) is 4.63. The van der Waals surface area contributed by atoms with Crippen molar-refractivity contribution in [1.82, 2.24) is 0 Å². The molecule has 4 nitrogen and oxygen atoms in total. The van der Waals surface area contributed by atoms with Crippen LogP contribution >= 0.6 is 0 Å². The van der Waals surface area contributed by atoms with Crippen molar-refractivity contribution in [3.63, 3.8) is 0 Å². The molecule has 57 heavy (non-hydrogen) atoms. The standard InChI is InChI=1S/C53H35N3O/c54-34-36-14-13-20-40(30-36)55(38-16-3-1-4-17-38)41-25-27-47-48(31-41)53(28-11-12-29-53)49-33-50(44-22-9-10-23-46(44)52(47)49)56(39-18-5-2-6-19-39)42-24-26-45-43-21-8-7-15-37(43)35-57-51(45)32-42/h1-33H,35H2. The van der Waals surface area contributed by atoms with Gasteiger partial charge in [-0.2, -0.15) is 5.26 Å². The predicted molar refractivity (Wildman–Crippen MR) is 232 cm³/mol. The number of benzene rings is 8. The molecule has 0 N–H and O–H groups in total. The number of hydrogen-bond acceptors (Lipinski definition) is 4. The Morgan fingerprint density at radius 1 is 0.491 bits per heavy atom. The van der Waals surface area contributed by atoms with Gasteiger partial charge in [0.2, 0.25) is 0 Å². The summed E-state index contributed by atoms with van der Waals surface area (Å²) in [7, 11) is 0. The van der Waals surface area contributed by atoms with Crippen molar-refractivity contribution < 1.29 is 4.74 Å². The van der Waals surface area contributed by atoms with E-state index in [0.717, 1.165) is 45.4 Å². The first kappa shape index (κ1) is 32.8. The Kier molecular flexibility index (Phi) is 7.48. The molecular formula is C53H35N3O. The van der Waals surface area contributed by atoms with Gasteiger partial charge in [-0.15, -0.1) is 0 Å². The van der Waals surface area contributed by atoms with E-state index in [4.69, 9.17) is 4.74 Å². The van der Waals surface area contributed by atoms with Gasteiger partial charge in [-0.1, -0.05) is 121 Å². The molecular weight excluding hydrogens is 695 g/mol. The average Bonchev–Trinajstić information content (AvgIpc) is 3.88. The molecule has 0 bridgehead atoms. The van der Waals surface area contributed by atoms with Crippen LogP contribution in [0.15, 0.2) is 200 Å². The molecule has 0 fully saturated rings. The highest BCUT2D eigenvalue weighted by Gasteiger charge is 2.43. The smallest absolute Gasteiger partial charge is 0.129 e. The summed E-state index contributed by atoms with van der Waals surface area (Å²) in [5, 5.41) is 12.2. The van der Waals surface area contributed by atoms with E-state index in [-0.39, 0.29) is 0 Å². The number of rotatable bonds is 6. The molecule has 268 valence electrons. The van der Waals surface area contributed by atoms with Gasteiger partial charge in [0.05, 0.1) is 22.7 Å². The number of ether oxygens (including phenoxy) is 1. The lowest BCUT2D eigenvalue weighted by atomic mass is 9.79. The summed E-state index contributed by atoms with van der Waals surface area (Å²) < 4.78 is 6.43. The number of anilines is 6. The number of nitriles is 1. The number of para-hydroxylation sites is 2. The van der Waals surface area contributed by atoms with Gasteiger partial charge in [-0.3, -0.25) is 0 Å². The van der Waals surface area contributed by atoms with Gasteiger partial charge in [0.15, 0.2) is 0 Å². The zero-order valence-electron chi connectivity index (χ0n) is 31.0. The van der Waals surface area contributed by atoms with E-state index in [9.17, 15) is 5.26 Å². The molecule has 4 heteroatoms. The van der Waals surface area contributed by atoms with E-state index >= 15 is 0 Å². The zero-order valence-corrected chi connectivity index (χ0v) is 31.0. The van der Waals surface area contributed by atoms with E-state index in [1.165, 1.54) is 44.2 Å². The van der Waals surface area contributed by atoms with Gasteiger partial charge in [0.25, 0.3) is 0 Å². The van der Waals surface area contributed by atoms with Crippen LogP contribution in [-0.2, 0) is 12.0 Å².